The minimum Gasteiger partial charge on any atom is -0.281 e. The molecule has 2 aromatic rings. The molecule has 3 nitrogen and oxygen atoms in total. The zero-order chi connectivity index (χ0) is 9.42. The monoisotopic (exact) mass is 339 g/mol. The van der Waals surface area contributed by atoms with Crippen LogP contribution in [0.4, 0.5) is 0 Å². The van der Waals surface area contributed by atoms with Crippen LogP contribution in [-0.2, 0) is 0 Å². The van der Waals surface area contributed by atoms with E-state index in [-0.39, 0.29) is 0 Å². The maximum atomic E-state index is 4.86. The van der Waals surface area contributed by atoms with Crippen LogP contribution < -0.4 is 0 Å². The fourth-order valence-corrected chi connectivity index (χ4v) is 2.97. The molecule has 2 rings (SSSR count). The Morgan fingerprint density at radius 2 is 2.15 bits per heavy atom. The Morgan fingerprint density at radius 3 is 2.62 bits per heavy atom. The molecule has 0 saturated heterocycles. The number of aromatic nitrogens is 3. The van der Waals surface area contributed by atoms with Gasteiger partial charge >= 0.3 is 0 Å². The third kappa shape index (κ3) is 1.93. The molecule has 0 aromatic carbocycles. The van der Waals surface area contributed by atoms with Crippen molar-refractivity contribution in [1.29, 1.82) is 0 Å². The van der Waals surface area contributed by atoms with Crippen LogP contribution >= 0.6 is 55.4 Å². The Labute approximate surface area is 99.8 Å². The average Bonchev–Trinajstić information content (AvgIpc) is 2.61. The molecular formula is C6H3Br2N3S2. The van der Waals surface area contributed by atoms with Crippen LogP contribution in [0.5, 0.6) is 0 Å². The topological polar surface area (TPSA) is 44.5 Å². The summed E-state index contributed by atoms with van der Waals surface area (Å²) < 4.78 is 2.54. The van der Waals surface area contributed by atoms with Crippen molar-refractivity contribution in [2.75, 3.05) is 0 Å². The van der Waals surface area contributed by atoms with Gasteiger partial charge in [-0.3, -0.25) is 10.2 Å². The highest BCUT2D eigenvalue weighted by atomic mass is 79.9. The number of hydrogen-bond donors (Lipinski definition) is 2. The number of aromatic amines is 2. The van der Waals surface area contributed by atoms with Crippen molar-refractivity contribution in [3.05, 3.63) is 19.1 Å². The fourth-order valence-electron chi connectivity index (χ4n) is 0.850. The van der Waals surface area contributed by atoms with Crippen LogP contribution in [0.25, 0.3) is 10.7 Å². The molecular weight excluding hydrogens is 338 g/mol. The van der Waals surface area contributed by atoms with Gasteiger partial charge in [-0.15, -0.1) is 11.3 Å². The lowest BCUT2D eigenvalue weighted by Gasteiger charge is -1.84. The van der Waals surface area contributed by atoms with E-state index in [1.165, 1.54) is 0 Å². The minimum absolute atomic E-state index is 0.468. The van der Waals surface area contributed by atoms with E-state index >= 15 is 0 Å². The highest BCUT2D eigenvalue weighted by molar-refractivity contribution is 9.13. The van der Waals surface area contributed by atoms with Crippen LogP contribution in [0.1, 0.15) is 0 Å². The van der Waals surface area contributed by atoms with E-state index in [0.29, 0.717) is 4.77 Å². The standard InChI is InChI=1S/C6H3Br2N3S2/c7-2-1-3(13-4(2)8)5-9-6(12)11-10-5/h1H,(H2,9,10,11,12). The highest BCUT2D eigenvalue weighted by Gasteiger charge is 2.08. The van der Waals surface area contributed by atoms with Crippen LogP contribution in [0.15, 0.2) is 14.3 Å². The van der Waals surface area contributed by atoms with Crippen LogP contribution in [-0.4, -0.2) is 15.2 Å². The van der Waals surface area contributed by atoms with Gasteiger partial charge in [0.25, 0.3) is 0 Å². The summed E-state index contributed by atoms with van der Waals surface area (Å²) in [6, 6.07) is 1.98. The summed E-state index contributed by atoms with van der Waals surface area (Å²) in [4.78, 5) is 5.14. The predicted octanol–water partition coefficient (Wildman–Crippen LogP) is 3.72. The number of H-pyrrole nitrogens is 2. The maximum absolute atomic E-state index is 4.86. The quantitative estimate of drug-likeness (QED) is 0.777. The van der Waals surface area contributed by atoms with Crippen molar-refractivity contribution < 1.29 is 0 Å². The summed E-state index contributed by atoms with van der Waals surface area (Å²) in [6.45, 7) is 0. The molecule has 0 bridgehead atoms. The van der Waals surface area contributed by atoms with Crippen molar-refractivity contribution in [2.45, 2.75) is 0 Å². The maximum Gasteiger partial charge on any atom is 0.213 e. The highest BCUT2D eigenvalue weighted by Crippen LogP contribution is 2.36. The van der Waals surface area contributed by atoms with Gasteiger partial charge < -0.3 is 0 Å². The first-order valence-corrected chi connectivity index (χ1v) is 6.08. The van der Waals surface area contributed by atoms with Gasteiger partial charge in [0.1, 0.15) is 0 Å². The number of thiophene rings is 1. The van der Waals surface area contributed by atoms with Crippen LogP contribution in [0.3, 0.4) is 0 Å². The molecule has 0 amide bonds. The normalized spacial score (nSPS) is 10.6. The molecule has 68 valence electrons. The number of nitrogens with zero attached hydrogens (tertiary/aromatic N) is 1. The Kier molecular flexibility index (Phi) is 2.68. The van der Waals surface area contributed by atoms with Gasteiger partial charge in [-0.05, 0) is 50.1 Å². The number of rotatable bonds is 1. The Bertz CT molecular complexity index is 465. The van der Waals surface area contributed by atoms with Gasteiger partial charge in [0.15, 0.2) is 5.82 Å². The molecule has 0 aliphatic carbocycles. The van der Waals surface area contributed by atoms with Gasteiger partial charge in [0, 0.05) is 4.47 Å². The summed E-state index contributed by atoms with van der Waals surface area (Å²) in [6.07, 6.45) is 0. The fraction of sp³-hybridized carbons (Fsp3) is 0. The molecule has 0 radical (unpaired) electrons. The van der Waals surface area contributed by atoms with E-state index in [0.717, 1.165) is 19.0 Å². The molecule has 2 N–H and O–H groups in total. The summed E-state index contributed by atoms with van der Waals surface area (Å²) in [5, 5.41) is 5.64. The lowest BCUT2D eigenvalue weighted by atomic mass is 10.4. The molecule has 0 aliphatic rings. The first-order valence-electron chi connectivity index (χ1n) is 3.26. The number of hydrogen-bond acceptors (Lipinski definition) is 3. The molecule has 2 aromatic heterocycles. The summed E-state index contributed by atoms with van der Waals surface area (Å²) in [5.74, 6) is 0.765. The molecule has 2 heterocycles. The summed E-state index contributed by atoms with van der Waals surface area (Å²) in [7, 11) is 0. The van der Waals surface area contributed by atoms with E-state index < -0.39 is 0 Å². The van der Waals surface area contributed by atoms with Gasteiger partial charge in [-0.1, -0.05) is 0 Å². The zero-order valence-corrected chi connectivity index (χ0v) is 10.9. The molecule has 0 spiro atoms. The van der Waals surface area contributed by atoms with Gasteiger partial charge in [-0.2, -0.15) is 4.98 Å². The minimum atomic E-state index is 0.468. The second-order valence-electron chi connectivity index (χ2n) is 2.25. The lowest BCUT2D eigenvalue weighted by Crippen LogP contribution is -1.73. The Morgan fingerprint density at radius 1 is 1.38 bits per heavy atom. The average molecular weight is 341 g/mol. The van der Waals surface area contributed by atoms with Gasteiger partial charge in [0.2, 0.25) is 4.77 Å². The second-order valence-corrected chi connectivity index (χ2v) is 5.86. The molecule has 0 fully saturated rings. The van der Waals surface area contributed by atoms with E-state index in [2.05, 4.69) is 47.0 Å². The van der Waals surface area contributed by atoms with E-state index in [9.17, 15) is 0 Å². The molecule has 7 heteroatoms. The van der Waals surface area contributed by atoms with Crippen LogP contribution in [0, 0.1) is 4.77 Å². The predicted molar refractivity (Wildman–Crippen MR) is 62.5 cm³/mol. The Balaban J connectivity index is 2.52. The van der Waals surface area contributed by atoms with Gasteiger partial charge in [0.05, 0.1) is 8.66 Å². The third-order valence-electron chi connectivity index (χ3n) is 1.38. The largest absolute Gasteiger partial charge is 0.281 e. The smallest absolute Gasteiger partial charge is 0.213 e. The van der Waals surface area contributed by atoms with Crippen molar-refractivity contribution >= 4 is 55.4 Å². The van der Waals surface area contributed by atoms with E-state index in [1.807, 2.05) is 6.07 Å². The second kappa shape index (κ2) is 3.64. The third-order valence-corrected chi connectivity index (χ3v) is 4.84. The Hall–Kier alpha value is 0.0200. The SMILES string of the molecule is S=c1nc(-c2cc(Br)c(Br)s2)[nH][nH]1. The molecule has 0 aliphatic heterocycles. The first-order chi connectivity index (χ1) is 6.16. The van der Waals surface area contributed by atoms with Crippen LogP contribution in [0.2, 0.25) is 0 Å². The van der Waals surface area contributed by atoms with Crippen molar-refractivity contribution in [2.24, 2.45) is 0 Å². The molecule has 0 unspecified atom stereocenters. The molecule has 0 atom stereocenters. The van der Waals surface area contributed by atoms with Crippen molar-refractivity contribution in [3.8, 4) is 10.7 Å². The number of nitrogens with one attached hydrogen (secondary N) is 2. The zero-order valence-electron chi connectivity index (χ0n) is 6.10. The van der Waals surface area contributed by atoms with Gasteiger partial charge in [-0.25, -0.2) is 0 Å². The molecule has 13 heavy (non-hydrogen) atoms. The van der Waals surface area contributed by atoms with E-state index in [4.69, 9.17) is 12.2 Å². The summed E-state index contributed by atoms with van der Waals surface area (Å²) >= 11 is 13.3. The number of halogens is 2. The van der Waals surface area contributed by atoms with Crippen molar-refractivity contribution in [1.82, 2.24) is 15.2 Å². The van der Waals surface area contributed by atoms with Crippen molar-refractivity contribution in [3.63, 3.8) is 0 Å². The summed E-state index contributed by atoms with van der Waals surface area (Å²) in [5.41, 5.74) is 0. The van der Waals surface area contributed by atoms with E-state index in [1.54, 1.807) is 11.3 Å². The molecule has 0 saturated carbocycles. The first kappa shape index (κ1) is 9.57. The lowest BCUT2D eigenvalue weighted by molar-refractivity contribution is 1.08.